The van der Waals surface area contributed by atoms with Gasteiger partial charge in [-0.15, -0.1) is 0 Å². The molecule has 2 heterocycles. The zero-order valence-electron chi connectivity index (χ0n) is 9.95. The third-order valence-corrected chi connectivity index (χ3v) is 4.13. The Kier molecular flexibility index (Phi) is 2.72. The molecule has 2 atom stereocenters. The molecule has 0 N–H and O–H groups in total. The molecule has 0 radical (unpaired) electrons. The summed E-state index contributed by atoms with van der Waals surface area (Å²) < 4.78 is 37.2. The van der Waals surface area contributed by atoms with Crippen molar-refractivity contribution < 1.29 is 13.2 Å². The fourth-order valence-electron chi connectivity index (χ4n) is 3.19. The van der Waals surface area contributed by atoms with Gasteiger partial charge in [-0.2, -0.15) is 13.2 Å². The number of halogens is 3. The summed E-state index contributed by atoms with van der Waals surface area (Å²) in [5, 5.41) is 0. The quantitative estimate of drug-likeness (QED) is 0.766. The van der Waals surface area contributed by atoms with E-state index in [1.165, 1.54) is 31.5 Å². The number of hydrogen-bond donors (Lipinski definition) is 0. The molecule has 0 spiro atoms. The third-order valence-electron chi connectivity index (χ3n) is 4.13. The van der Waals surface area contributed by atoms with E-state index in [0.717, 1.165) is 36.7 Å². The van der Waals surface area contributed by atoms with Crippen LogP contribution in [0.1, 0.15) is 25.0 Å². The van der Waals surface area contributed by atoms with Gasteiger partial charge < -0.3 is 4.90 Å². The van der Waals surface area contributed by atoms with Gasteiger partial charge in [-0.05, 0) is 36.8 Å². The Labute approximate surface area is 104 Å². The van der Waals surface area contributed by atoms with Gasteiger partial charge in [0.1, 0.15) is 5.69 Å². The number of hydrogen-bond acceptors (Lipinski definition) is 2. The minimum absolute atomic E-state index is 0.729. The molecule has 1 aliphatic carbocycles. The molecule has 1 aliphatic heterocycles. The summed E-state index contributed by atoms with van der Waals surface area (Å²) in [6, 6.07) is 2.61. The summed E-state index contributed by atoms with van der Waals surface area (Å²) in [6.45, 7) is 1.94. The fraction of sp³-hybridized carbons (Fsp3) is 0.615. The van der Waals surface area contributed by atoms with E-state index < -0.39 is 11.9 Å². The zero-order valence-corrected chi connectivity index (χ0v) is 9.95. The molecule has 5 heteroatoms. The van der Waals surface area contributed by atoms with Crippen LogP contribution in [0.15, 0.2) is 18.3 Å². The molecule has 1 aromatic rings. The summed E-state index contributed by atoms with van der Waals surface area (Å²) in [5.41, 5.74) is 0.00282. The Morgan fingerprint density at radius 3 is 2.28 bits per heavy atom. The molecular formula is C13H15F3N2. The van der Waals surface area contributed by atoms with Crippen LogP contribution in [0, 0.1) is 11.8 Å². The van der Waals surface area contributed by atoms with E-state index >= 15 is 0 Å². The molecule has 2 nitrogen and oxygen atoms in total. The monoisotopic (exact) mass is 256 g/mol. The normalized spacial score (nSPS) is 27.6. The van der Waals surface area contributed by atoms with Crippen LogP contribution in [0.25, 0.3) is 0 Å². The average molecular weight is 256 g/mol. The van der Waals surface area contributed by atoms with Crippen LogP contribution in [0.2, 0.25) is 0 Å². The standard InChI is InChI=1S/C13H15F3N2/c14-13(15,16)12-5-4-11(6-17-12)18-7-9-2-1-3-10(9)8-18/h4-6,9-10H,1-3,7-8H2. The van der Waals surface area contributed by atoms with E-state index in [9.17, 15) is 13.2 Å². The first-order valence-corrected chi connectivity index (χ1v) is 6.32. The molecule has 1 aromatic heterocycles. The number of pyridine rings is 1. The number of anilines is 1. The highest BCUT2D eigenvalue weighted by molar-refractivity contribution is 5.46. The van der Waals surface area contributed by atoms with Crippen molar-refractivity contribution in [1.29, 1.82) is 0 Å². The van der Waals surface area contributed by atoms with Gasteiger partial charge in [0.25, 0.3) is 0 Å². The Hall–Kier alpha value is -1.26. The largest absolute Gasteiger partial charge is 0.433 e. The number of fused-ring (bicyclic) bond motifs is 1. The number of alkyl halides is 3. The van der Waals surface area contributed by atoms with Gasteiger partial charge >= 0.3 is 6.18 Å². The second-order valence-electron chi connectivity index (χ2n) is 5.26. The van der Waals surface area contributed by atoms with Gasteiger partial charge in [-0.3, -0.25) is 0 Å². The molecular weight excluding hydrogens is 241 g/mol. The van der Waals surface area contributed by atoms with E-state index in [1.54, 1.807) is 0 Å². The van der Waals surface area contributed by atoms with Crippen molar-refractivity contribution in [1.82, 2.24) is 4.98 Å². The Morgan fingerprint density at radius 2 is 1.78 bits per heavy atom. The van der Waals surface area contributed by atoms with Crippen molar-refractivity contribution in [2.75, 3.05) is 18.0 Å². The van der Waals surface area contributed by atoms with E-state index in [2.05, 4.69) is 9.88 Å². The molecule has 0 amide bonds. The topological polar surface area (TPSA) is 16.1 Å². The number of nitrogens with zero attached hydrogens (tertiary/aromatic N) is 2. The van der Waals surface area contributed by atoms with Crippen LogP contribution in [-0.2, 0) is 6.18 Å². The van der Waals surface area contributed by atoms with Crippen LogP contribution in [0.3, 0.4) is 0 Å². The molecule has 98 valence electrons. The van der Waals surface area contributed by atoms with Gasteiger partial charge in [0.2, 0.25) is 0 Å². The van der Waals surface area contributed by atoms with Gasteiger partial charge in [0.15, 0.2) is 0 Å². The van der Waals surface area contributed by atoms with E-state index in [-0.39, 0.29) is 0 Å². The lowest BCUT2D eigenvalue weighted by atomic mass is 10.0. The summed E-state index contributed by atoms with van der Waals surface area (Å²) in [5.74, 6) is 1.46. The molecule has 1 saturated heterocycles. The smallest absolute Gasteiger partial charge is 0.370 e. The van der Waals surface area contributed by atoms with Crippen LogP contribution in [0.5, 0.6) is 0 Å². The average Bonchev–Trinajstić information content (AvgIpc) is 2.88. The molecule has 2 unspecified atom stereocenters. The van der Waals surface area contributed by atoms with Crippen LogP contribution in [-0.4, -0.2) is 18.1 Å². The zero-order chi connectivity index (χ0) is 12.8. The summed E-state index contributed by atoms with van der Waals surface area (Å²) in [4.78, 5) is 5.69. The number of aromatic nitrogens is 1. The molecule has 1 saturated carbocycles. The Morgan fingerprint density at radius 1 is 1.11 bits per heavy atom. The first kappa shape index (κ1) is 11.8. The highest BCUT2D eigenvalue weighted by Crippen LogP contribution is 2.39. The molecule has 18 heavy (non-hydrogen) atoms. The van der Waals surface area contributed by atoms with Crippen LogP contribution >= 0.6 is 0 Å². The molecule has 0 bridgehead atoms. The Balaban J connectivity index is 1.74. The Bertz CT molecular complexity index is 415. The molecule has 3 rings (SSSR count). The highest BCUT2D eigenvalue weighted by atomic mass is 19.4. The minimum Gasteiger partial charge on any atom is -0.370 e. The first-order valence-electron chi connectivity index (χ1n) is 6.32. The maximum Gasteiger partial charge on any atom is 0.433 e. The summed E-state index contributed by atoms with van der Waals surface area (Å²) in [7, 11) is 0. The first-order chi connectivity index (χ1) is 8.54. The fourth-order valence-corrected chi connectivity index (χ4v) is 3.19. The van der Waals surface area contributed by atoms with Crippen molar-refractivity contribution in [2.45, 2.75) is 25.4 Å². The SMILES string of the molecule is FC(F)(F)c1ccc(N2CC3CCCC3C2)cn1. The minimum atomic E-state index is -4.35. The summed E-state index contributed by atoms with van der Waals surface area (Å²) in [6.07, 6.45) is 0.822. The van der Waals surface area contributed by atoms with Gasteiger partial charge in [-0.1, -0.05) is 6.42 Å². The van der Waals surface area contributed by atoms with Crippen molar-refractivity contribution >= 4 is 5.69 Å². The maximum absolute atomic E-state index is 12.4. The predicted molar refractivity (Wildman–Crippen MR) is 62.3 cm³/mol. The van der Waals surface area contributed by atoms with Gasteiger partial charge in [0, 0.05) is 13.1 Å². The van der Waals surface area contributed by atoms with E-state index in [0.29, 0.717) is 0 Å². The highest BCUT2D eigenvalue weighted by Gasteiger charge is 2.37. The lowest BCUT2D eigenvalue weighted by Crippen LogP contribution is -2.21. The van der Waals surface area contributed by atoms with Crippen LogP contribution < -0.4 is 4.90 Å². The predicted octanol–water partition coefficient (Wildman–Crippen LogP) is 3.34. The summed E-state index contributed by atoms with van der Waals surface area (Å²) >= 11 is 0. The number of rotatable bonds is 1. The third kappa shape index (κ3) is 2.06. The van der Waals surface area contributed by atoms with E-state index in [4.69, 9.17) is 0 Å². The van der Waals surface area contributed by atoms with Crippen molar-refractivity contribution in [3.63, 3.8) is 0 Å². The second kappa shape index (κ2) is 4.14. The lowest BCUT2D eigenvalue weighted by Gasteiger charge is -2.19. The van der Waals surface area contributed by atoms with E-state index in [1.807, 2.05) is 0 Å². The molecule has 2 fully saturated rings. The molecule has 2 aliphatic rings. The molecule has 0 aromatic carbocycles. The van der Waals surface area contributed by atoms with Gasteiger partial charge in [0.05, 0.1) is 11.9 Å². The van der Waals surface area contributed by atoms with Crippen molar-refractivity contribution in [3.05, 3.63) is 24.0 Å². The van der Waals surface area contributed by atoms with Crippen LogP contribution in [0.4, 0.5) is 18.9 Å². The lowest BCUT2D eigenvalue weighted by molar-refractivity contribution is -0.141. The van der Waals surface area contributed by atoms with Crippen molar-refractivity contribution in [2.24, 2.45) is 11.8 Å². The maximum atomic E-state index is 12.4. The second-order valence-corrected chi connectivity index (χ2v) is 5.26. The van der Waals surface area contributed by atoms with Gasteiger partial charge in [-0.25, -0.2) is 4.98 Å². The van der Waals surface area contributed by atoms with Crippen molar-refractivity contribution in [3.8, 4) is 0 Å².